The second-order valence-electron chi connectivity index (χ2n) is 3.69. The van der Waals surface area contributed by atoms with E-state index in [0.29, 0.717) is 5.56 Å². The number of hydrogen-bond donors (Lipinski definition) is 2. The molecule has 1 aliphatic rings. The smallest absolute Gasteiger partial charge is 0.243 e. The van der Waals surface area contributed by atoms with Crippen LogP contribution in [0.1, 0.15) is 18.4 Å². The first kappa shape index (κ1) is 11.3. The van der Waals surface area contributed by atoms with Gasteiger partial charge in [-0.1, -0.05) is 0 Å². The molecule has 2 rings (SSSR count). The van der Waals surface area contributed by atoms with Gasteiger partial charge in [-0.3, -0.25) is 4.98 Å². The van der Waals surface area contributed by atoms with Crippen LogP contribution in [0, 0.1) is 0 Å². The molecule has 0 aliphatic heterocycles. The second kappa shape index (κ2) is 4.00. The average molecular weight is 243 g/mol. The molecule has 1 aromatic rings. The minimum Gasteiger partial charge on any atom is -0.489 e. The van der Waals surface area contributed by atoms with E-state index in [-0.39, 0.29) is 23.3 Å². The minimum absolute atomic E-state index is 0.0770. The lowest BCUT2D eigenvalue weighted by molar-refractivity contribution is 0.291. The Bertz CT molecular complexity index is 497. The van der Waals surface area contributed by atoms with Gasteiger partial charge in [0.1, 0.15) is 10.6 Å². The molecule has 1 aromatic heterocycles. The lowest BCUT2D eigenvalue weighted by atomic mass is 10.2. The van der Waals surface area contributed by atoms with Crippen LogP contribution in [0.25, 0.3) is 0 Å². The van der Waals surface area contributed by atoms with Crippen LogP contribution in [0.3, 0.4) is 0 Å². The van der Waals surface area contributed by atoms with Gasteiger partial charge in [0.15, 0.2) is 0 Å². The highest BCUT2D eigenvalue weighted by Gasteiger charge is 2.28. The Morgan fingerprint density at radius 1 is 1.44 bits per heavy atom. The van der Waals surface area contributed by atoms with Gasteiger partial charge in [-0.2, -0.15) is 0 Å². The highest BCUT2D eigenvalue weighted by Crippen LogP contribution is 2.33. The van der Waals surface area contributed by atoms with Crippen molar-refractivity contribution in [3.8, 4) is 5.75 Å². The number of pyridine rings is 1. The zero-order valence-electron chi connectivity index (χ0n) is 8.59. The van der Waals surface area contributed by atoms with Gasteiger partial charge < -0.3 is 10.5 Å². The number of nitrogens with two attached hydrogens (primary N) is 2. The predicted octanol–water partition coefficient (Wildman–Crippen LogP) is -0.271. The number of rotatable bonds is 4. The van der Waals surface area contributed by atoms with Crippen LogP contribution < -0.4 is 15.6 Å². The fourth-order valence-electron chi connectivity index (χ4n) is 1.30. The van der Waals surface area contributed by atoms with E-state index in [4.69, 9.17) is 15.6 Å². The van der Waals surface area contributed by atoms with Gasteiger partial charge in [-0.25, -0.2) is 13.6 Å². The Morgan fingerprint density at radius 3 is 2.62 bits per heavy atom. The number of ether oxygens (including phenoxy) is 1. The molecule has 1 fully saturated rings. The summed E-state index contributed by atoms with van der Waals surface area (Å²) < 4.78 is 28.2. The van der Waals surface area contributed by atoms with E-state index in [1.807, 2.05) is 0 Å². The Labute approximate surface area is 93.7 Å². The predicted molar refractivity (Wildman–Crippen MR) is 57.2 cm³/mol. The van der Waals surface area contributed by atoms with E-state index in [2.05, 4.69) is 4.98 Å². The highest BCUT2D eigenvalue weighted by molar-refractivity contribution is 7.89. The molecule has 4 N–H and O–H groups in total. The third-order valence-corrected chi connectivity index (χ3v) is 3.18. The summed E-state index contributed by atoms with van der Waals surface area (Å²) in [5.41, 5.74) is 6.06. The van der Waals surface area contributed by atoms with Crippen molar-refractivity contribution in [1.82, 2.24) is 4.98 Å². The molecule has 1 saturated carbocycles. The lowest BCUT2D eigenvalue weighted by Gasteiger charge is -2.12. The number of primary sulfonamides is 1. The molecule has 16 heavy (non-hydrogen) atoms. The summed E-state index contributed by atoms with van der Waals surface area (Å²) in [7, 11) is -3.83. The maximum absolute atomic E-state index is 11.3. The van der Waals surface area contributed by atoms with Crippen LogP contribution in [0.15, 0.2) is 17.3 Å². The van der Waals surface area contributed by atoms with Crippen molar-refractivity contribution < 1.29 is 13.2 Å². The fourth-order valence-corrected chi connectivity index (χ4v) is 1.95. The molecule has 88 valence electrons. The van der Waals surface area contributed by atoms with Crippen LogP contribution in [0.5, 0.6) is 5.75 Å². The molecule has 1 heterocycles. The molecule has 0 spiro atoms. The first-order valence-corrected chi connectivity index (χ1v) is 6.43. The van der Waals surface area contributed by atoms with Crippen molar-refractivity contribution >= 4 is 10.0 Å². The van der Waals surface area contributed by atoms with Crippen molar-refractivity contribution in [2.45, 2.75) is 30.4 Å². The van der Waals surface area contributed by atoms with Gasteiger partial charge in [0.05, 0.1) is 12.3 Å². The van der Waals surface area contributed by atoms with Crippen LogP contribution in [0.4, 0.5) is 0 Å². The summed E-state index contributed by atoms with van der Waals surface area (Å²) in [5, 5.41) is 5.09. The van der Waals surface area contributed by atoms with Gasteiger partial charge in [-0.05, 0) is 12.8 Å². The summed E-state index contributed by atoms with van der Waals surface area (Å²) in [5.74, 6) is 0.252. The van der Waals surface area contributed by atoms with E-state index in [9.17, 15) is 8.42 Å². The van der Waals surface area contributed by atoms with Crippen molar-refractivity contribution in [3.05, 3.63) is 18.0 Å². The third kappa shape index (κ3) is 2.31. The number of sulfonamides is 1. The molecule has 0 radical (unpaired) electrons. The van der Waals surface area contributed by atoms with Gasteiger partial charge in [0, 0.05) is 18.3 Å². The zero-order chi connectivity index (χ0) is 11.8. The largest absolute Gasteiger partial charge is 0.489 e. The maximum Gasteiger partial charge on any atom is 0.243 e. The third-order valence-electron chi connectivity index (χ3n) is 2.27. The normalized spacial score (nSPS) is 16.1. The molecule has 1 aliphatic carbocycles. The standard InChI is InChI=1S/C9H13N3O3S/c10-3-6-4-12-5-8(16(11,13)14)9(6)15-7-1-2-7/h4-5,7H,1-3,10H2,(H2,11,13,14). The topological polar surface area (TPSA) is 108 Å². The van der Waals surface area contributed by atoms with Gasteiger partial charge >= 0.3 is 0 Å². The summed E-state index contributed by atoms with van der Waals surface area (Å²) in [4.78, 5) is 3.70. The molecule has 0 aromatic carbocycles. The lowest BCUT2D eigenvalue weighted by Crippen LogP contribution is -2.16. The number of aromatic nitrogens is 1. The molecule has 0 amide bonds. The Kier molecular flexibility index (Phi) is 2.83. The van der Waals surface area contributed by atoms with E-state index < -0.39 is 10.0 Å². The minimum atomic E-state index is -3.83. The van der Waals surface area contributed by atoms with Gasteiger partial charge in [-0.15, -0.1) is 0 Å². The van der Waals surface area contributed by atoms with Crippen molar-refractivity contribution in [2.75, 3.05) is 0 Å². The van der Waals surface area contributed by atoms with Crippen molar-refractivity contribution in [3.63, 3.8) is 0 Å². The van der Waals surface area contributed by atoms with Crippen molar-refractivity contribution in [1.29, 1.82) is 0 Å². The SMILES string of the molecule is NCc1cncc(S(N)(=O)=O)c1OC1CC1. The molecular weight excluding hydrogens is 230 g/mol. The molecule has 0 bridgehead atoms. The van der Waals surface area contributed by atoms with E-state index in [0.717, 1.165) is 12.8 Å². The van der Waals surface area contributed by atoms with Gasteiger partial charge in [0.25, 0.3) is 0 Å². The molecule has 0 unspecified atom stereocenters. The summed E-state index contributed by atoms with van der Waals surface area (Å²) in [6.45, 7) is 0.165. The van der Waals surface area contributed by atoms with Crippen LogP contribution in [-0.4, -0.2) is 19.5 Å². The van der Waals surface area contributed by atoms with Crippen LogP contribution >= 0.6 is 0 Å². The molecule has 0 atom stereocenters. The number of nitrogens with zero attached hydrogens (tertiary/aromatic N) is 1. The molecule has 7 heteroatoms. The quantitative estimate of drug-likeness (QED) is 0.756. The van der Waals surface area contributed by atoms with Crippen LogP contribution in [-0.2, 0) is 16.6 Å². The second-order valence-corrected chi connectivity index (χ2v) is 5.22. The highest BCUT2D eigenvalue weighted by atomic mass is 32.2. The summed E-state index contributed by atoms with van der Waals surface area (Å²) >= 11 is 0. The van der Waals surface area contributed by atoms with E-state index in [1.54, 1.807) is 0 Å². The van der Waals surface area contributed by atoms with E-state index >= 15 is 0 Å². The number of hydrogen-bond acceptors (Lipinski definition) is 5. The Balaban J connectivity index is 2.49. The first-order chi connectivity index (χ1) is 7.52. The Hall–Kier alpha value is -1.18. The van der Waals surface area contributed by atoms with Crippen LogP contribution in [0.2, 0.25) is 0 Å². The Morgan fingerprint density at radius 2 is 2.12 bits per heavy atom. The maximum atomic E-state index is 11.3. The van der Waals surface area contributed by atoms with E-state index in [1.165, 1.54) is 12.4 Å². The molecule has 6 nitrogen and oxygen atoms in total. The van der Waals surface area contributed by atoms with Crippen molar-refractivity contribution in [2.24, 2.45) is 10.9 Å². The molecule has 0 saturated heterocycles. The monoisotopic (exact) mass is 243 g/mol. The molecular formula is C9H13N3O3S. The zero-order valence-corrected chi connectivity index (χ0v) is 9.40. The summed E-state index contributed by atoms with van der Waals surface area (Å²) in [6, 6.07) is 0. The average Bonchev–Trinajstić information content (AvgIpc) is 3.00. The summed E-state index contributed by atoms with van der Waals surface area (Å²) in [6.07, 6.45) is 4.61. The fraction of sp³-hybridized carbons (Fsp3) is 0.444. The first-order valence-electron chi connectivity index (χ1n) is 4.89. The van der Waals surface area contributed by atoms with Gasteiger partial charge in [0.2, 0.25) is 10.0 Å².